The number of benzene rings is 1. The summed E-state index contributed by atoms with van der Waals surface area (Å²) in [4.78, 5) is 4.34. The van der Waals surface area contributed by atoms with Crippen molar-refractivity contribution < 1.29 is 9.52 Å². The van der Waals surface area contributed by atoms with Crippen LogP contribution in [0.2, 0.25) is 0 Å². The van der Waals surface area contributed by atoms with Crippen LogP contribution in [0.4, 0.5) is 0 Å². The zero-order valence-electron chi connectivity index (χ0n) is 14.0. The zero-order chi connectivity index (χ0) is 16.8. The molecule has 4 nitrogen and oxygen atoms in total. The highest BCUT2D eigenvalue weighted by Crippen LogP contribution is 2.26. The Labute approximate surface area is 142 Å². The molecule has 3 rings (SSSR count). The lowest BCUT2D eigenvalue weighted by Gasteiger charge is -2.14. The molecule has 2 aromatic heterocycles. The average Bonchev–Trinajstić information content (AvgIpc) is 2.99. The zero-order valence-corrected chi connectivity index (χ0v) is 14.0. The fraction of sp³-hybridized carbons (Fsp3) is 0.350. The Kier molecular flexibility index (Phi) is 5.62. The first-order valence-electron chi connectivity index (χ1n) is 8.52. The number of aromatic nitrogens is 1. The number of para-hydroxylation sites is 1. The minimum Gasteiger partial charge on any atom is -0.461 e. The van der Waals surface area contributed by atoms with E-state index in [0.717, 1.165) is 43.0 Å². The van der Waals surface area contributed by atoms with Crippen LogP contribution in [0, 0.1) is 5.92 Å². The maximum atomic E-state index is 9.63. The Morgan fingerprint density at radius 3 is 2.75 bits per heavy atom. The molecule has 126 valence electrons. The molecule has 24 heavy (non-hydrogen) atoms. The molecule has 0 saturated carbocycles. The van der Waals surface area contributed by atoms with Gasteiger partial charge in [0.2, 0.25) is 0 Å². The molecule has 4 heteroatoms. The van der Waals surface area contributed by atoms with Crippen LogP contribution in [0.3, 0.4) is 0 Å². The third-order valence-electron chi connectivity index (χ3n) is 4.32. The van der Waals surface area contributed by atoms with Crippen LogP contribution < -0.4 is 5.32 Å². The van der Waals surface area contributed by atoms with E-state index in [4.69, 9.17) is 4.42 Å². The third kappa shape index (κ3) is 3.83. The fourth-order valence-corrected chi connectivity index (χ4v) is 3.05. The van der Waals surface area contributed by atoms with Crippen LogP contribution in [0.5, 0.6) is 0 Å². The normalized spacial score (nSPS) is 12.6. The lowest BCUT2D eigenvalue weighted by Crippen LogP contribution is -2.27. The van der Waals surface area contributed by atoms with E-state index < -0.39 is 0 Å². The van der Waals surface area contributed by atoms with Crippen molar-refractivity contribution in [3.05, 3.63) is 65.7 Å². The van der Waals surface area contributed by atoms with Gasteiger partial charge in [0.25, 0.3) is 0 Å². The van der Waals surface area contributed by atoms with E-state index in [-0.39, 0.29) is 12.5 Å². The molecule has 3 aromatic rings. The van der Waals surface area contributed by atoms with Gasteiger partial charge in [0.1, 0.15) is 11.3 Å². The van der Waals surface area contributed by atoms with Gasteiger partial charge in [-0.1, -0.05) is 31.2 Å². The number of aliphatic hydroxyl groups excluding tert-OH is 1. The number of hydrogen-bond acceptors (Lipinski definition) is 4. The molecular weight excluding hydrogens is 300 g/mol. The molecular formula is C20H24N2O2. The first-order valence-corrected chi connectivity index (χ1v) is 8.52. The Bertz CT molecular complexity index is 768. The van der Waals surface area contributed by atoms with Gasteiger partial charge in [-0.2, -0.15) is 0 Å². The third-order valence-corrected chi connectivity index (χ3v) is 4.32. The molecule has 0 aliphatic heterocycles. The van der Waals surface area contributed by atoms with Crippen LogP contribution in [0.15, 0.2) is 53.1 Å². The van der Waals surface area contributed by atoms with Gasteiger partial charge in [0, 0.05) is 49.0 Å². The lowest BCUT2D eigenvalue weighted by molar-refractivity contribution is 0.220. The first-order chi connectivity index (χ1) is 11.8. The van der Waals surface area contributed by atoms with Gasteiger partial charge in [-0.05, 0) is 30.5 Å². The van der Waals surface area contributed by atoms with E-state index in [1.54, 1.807) is 6.20 Å². The van der Waals surface area contributed by atoms with E-state index in [1.807, 2.05) is 36.4 Å². The molecule has 1 atom stereocenters. The second-order valence-electron chi connectivity index (χ2n) is 6.06. The predicted octanol–water partition coefficient (Wildman–Crippen LogP) is 3.33. The van der Waals surface area contributed by atoms with Crippen LogP contribution in [0.25, 0.3) is 11.0 Å². The lowest BCUT2D eigenvalue weighted by atomic mass is 10.0. The number of rotatable bonds is 8. The van der Waals surface area contributed by atoms with E-state index in [1.165, 1.54) is 10.9 Å². The van der Waals surface area contributed by atoms with Crippen LogP contribution >= 0.6 is 0 Å². The van der Waals surface area contributed by atoms with Crippen molar-refractivity contribution >= 4 is 11.0 Å². The van der Waals surface area contributed by atoms with Crippen molar-refractivity contribution in [3.8, 4) is 0 Å². The number of hydrogen-bond donors (Lipinski definition) is 2. The summed E-state index contributed by atoms with van der Waals surface area (Å²) in [6, 6.07) is 14.0. The minimum absolute atomic E-state index is 0.149. The second kappa shape index (κ2) is 8.08. The maximum Gasteiger partial charge on any atom is 0.134 e. The van der Waals surface area contributed by atoms with Crippen molar-refractivity contribution in [1.29, 1.82) is 0 Å². The molecule has 2 heterocycles. The van der Waals surface area contributed by atoms with Gasteiger partial charge in [-0.25, -0.2) is 0 Å². The summed E-state index contributed by atoms with van der Waals surface area (Å²) in [5.41, 5.74) is 3.18. The fourth-order valence-electron chi connectivity index (χ4n) is 3.05. The molecule has 0 aliphatic rings. The molecule has 0 saturated heterocycles. The Balaban J connectivity index is 1.63. The summed E-state index contributed by atoms with van der Waals surface area (Å²) in [5.74, 6) is 1.19. The molecule has 2 N–H and O–H groups in total. The number of aryl methyl sites for hydroxylation is 1. The average molecular weight is 324 g/mol. The molecule has 0 spiro atoms. The van der Waals surface area contributed by atoms with E-state index in [2.05, 4.69) is 23.3 Å². The van der Waals surface area contributed by atoms with E-state index in [0.29, 0.717) is 0 Å². The minimum atomic E-state index is 0.149. The number of aliphatic hydroxyl groups is 1. The summed E-state index contributed by atoms with van der Waals surface area (Å²) in [6.45, 7) is 3.75. The molecule has 0 radical (unpaired) electrons. The smallest absolute Gasteiger partial charge is 0.134 e. The van der Waals surface area contributed by atoms with Gasteiger partial charge in [-0.3, -0.25) is 4.98 Å². The van der Waals surface area contributed by atoms with Crippen LogP contribution in [0.1, 0.15) is 23.9 Å². The summed E-state index contributed by atoms with van der Waals surface area (Å²) in [5, 5.41) is 14.3. The second-order valence-corrected chi connectivity index (χ2v) is 6.06. The summed E-state index contributed by atoms with van der Waals surface area (Å²) in [7, 11) is 0. The molecule has 0 bridgehead atoms. The van der Waals surface area contributed by atoms with Gasteiger partial charge in [-0.15, -0.1) is 0 Å². The van der Waals surface area contributed by atoms with E-state index in [9.17, 15) is 5.11 Å². The predicted molar refractivity (Wildman–Crippen MR) is 95.8 cm³/mol. The molecule has 0 amide bonds. The maximum absolute atomic E-state index is 9.63. The van der Waals surface area contributed by atoms with Gasteiger partial charge in [0.15, 0.2) is 0 Å². The van der Waals surface area contributed by atoms with Gasteiger partial charge in [0.05, 0.1) is 0 Å². The summed E-state index contributed by atoms with van der Waals surface area (Å²) in [6.07, 6.45) is 3.45. The van der Waals surface area contributed by atoms with Crippen molar-refractivity contribution in [2.75, 3.05) is 13.2 Å². The van der Waals surface area contributed by atoms with Crippen LogP contribution in [-0.4, -0.2) is 23.2 Å². The van der Waals surface area contributed by atoms with Crippen molar-refractivity contribution in [2.24, 2.45) is 5.92 Å². The quantitative estimate of drug-likeness (QED) is 0.667. The Hall–Kier alpha value is -2.17. The molecule has 1 unspecified atom stereocenters. The van der Waals surface area contributed by atoms with Gasteiger partial charge < -0.3 is 14.8 Å². The Morgan fingerprint density at radius 1 is 1.17 bits per heavy atom. The highest BCUT2D eigenvalue weighted by Gasteiger charge is 2.14. The highest BCUT2D eigenvalue weighted by atomic mass is 16.3. The van der Waals surface area contributed by atoms with E-state index >= 15 is 0 Å². The topological polar surface area (TPSA) is 58.3 Å². The summed E-state index contributed by atoms with van der Waals surface area (Å²) < 4.78 is 5.93. The number of fused-ring (bicyclic) bond motifs is 1. The van der Waals surface area contributed by atoms with Crippen molar-refractivity contribution in [2.45, 2.75) is 26.3 Å². The SMILES string of the molecule is CCc1oc2ccccc2c1CNCC(CO)Cc1ccccn1. The highest BCUT2D eigenvalue weighted by molar-refractivity contribution is 5.82. The number of pyridine rings is 1. The number of nitrogens with one attached hydrogen (secondary N) is 1. The summed E-state index contributed by atoms with van der Waals surface area (Å²) >= 11 is 0. The van der Waals surface area contributed by atoms with Crippen molar-refractivity contribution in [3.63, 3.8) is 0 Å². The largest absolute Gasteiger partial charge is 0.461 e. The molecule has 1 aromatic carbocycles. The number of nitrogens with zero attached hydrogens (tertiary/aromatic N) is 1. The van der Waals surface area contributed by atoms with Crippen molar-refractivity contribution in [1.82, 2.24) is 10.3 Å². The first kappa shape index (κ1) is 16.7. The molecule has 0 aliphatic carbocycles. The van der Waals surface area contributed by atoms with Gasteiger partial charge >= 0.3 is 0 Å². The molecule has 0 fully saturated rings. The van der Waals surface area contributed by atoms with Crippen LogP contribution in [-0.2, 0) is 19.4 Å². The number of furan rings is 1. The monoisotopic (exact) mass is 324 g/mol. The standard InChI is InChI=1S/C20H24N2O2/c1-2-19-18(17-8-3-4-9-20(17)24-19)13-21-12-15(14-23)11-16-7-5-6-10-22-16/h3-10,15,21,23H,2,11-14H2,1H3. The Morgan fingerprint density at radius 2 is 2.00 bits per heavy atom.